The standard InChI is InChI=1S/C16H16BrF2N/c17-14-3-1-2-11(8-14)6-12(10-20)7-13-4-5-15(18)9-16(13)19/h1-5,8-9,12H,6-7,10,20H2. The summed E-state index contributed by atoms with van der Waals surface area (Å²) in [6.45, 7) is 0.462. The average Bonchev–Trinajstić information content (AvgIpc) is 2.41. The number of hydrogen-bond acceptors (Lipinski definition) is 1. The van der Waals surface area contributed by atoms with Crippen molar-refractivity contribution in [3.05, 3.63) is 69.7 Å². The van der Waals surface area contributed by atoms with Gasteiger partial charge in [0.25, 0.3) is 0 Å². The monoisotopic (exact) mass is 339 g/mol. The van der Waals surface area contributed by atoms with Crippen molar-refractivity contribution in [2.75, 3.05) is 6.54 Å². The molecule has 4 heteroatoms. The highest BCUT2D eigenvalue weighted by Gasteiger charge is 2.12. The summed E-state index contributed by atoms with van der Waals surface area (Å²) in [4.78, 5) is 0. The van der Waals surface area contributed by atoms with Crippen LogP contribution in [0.3, 0.4) is 0 Å². The van der Waals surface area contributed by atoms with Crippen LogP contribution in [0.2, 0.25) is 0 Å². The highest BCUT2D eigenvalue weighted by Crippen LogP contribution is 2.19. The summed E-state index contributed by atoms with van der Waals surface area (Å²) in [5, 5.41) is 0. The lowest BCUT2D eigenvalue weighted by Crippen LogP contribution is -2.20. The second-order valence-electron chi connectivity index (χ2n) is 4.88. The van der Waals surface area contributed by atoms with Crippen LogP contribution in [-0.4, -0.2) is 6.54 Å². The molecular weight excluding hydrogens is 324 g/mol. The van der Waals surface area contributed by atoms with Crippen molar-refractivity contribution in [1.82, 2.24) is 0 Å². The largest absolute Gasteiger partial charge is 0.330 e. The smallest absolute Gasteiger partial charge is 0.129 e. The summed E-state index contributed by atoms with van der Waals surface area (Å²) < 4.78 is 27.6. The Morgan fingerprint density at radius 2 is 1.85 bits per heavy atom. The Hall–Kier alpha value is -1.26. The van der Waals surface area contributed by atoms with Gasteiger partial charge in [0.05, 0.1) is 0 Å². The lowest BCUT2D eigenvalue weighted by Gasteiger charge is -2.15. The molecule has 2 aromatic carbocycles. The first-order valence-electron chi connectivity index (χ1n) is 6.47. The SMILES string of the molecule is NCC(Cc1cccc(Br)c1)Cc1ccc(F)cc1F. The molecule has 0 bridgehead atoms. The Labute approximate surface area is 125 Å². The molecular formula is C16H16BrF2N. The maximum Gasteiger partial charge on any atom is 0.129 e. The Kier molecular flexibility index (Phi) is 5.26. The van der Waals surface area contributed by atoms with Gasteiger partial charge in [-0.15, -0.1) is 0 Å². The van der Waals surface area contributed by atoms with Gasteiger partial charge in [0.1, 0.15) is 11.6 Å². The second kappa shape index (κ2) is 6.95. The maximum atomic E-state index is 13.7. The number of rotatable bonds is 5. The van der Waals surface area contributed by atoms with Crippen LogP contribution in [0.15, 0.2) is 46.9 Å². The molecule has 0 aliphatic heterocycles. The minimum atomic E-state index is -0.553. The zero-order valence-electron chi connectivity index (χ0n) is 11.0. The van der Waals surface area contributed by atoms with E-state index in [2.05, 4.69) is 15.9 Å². The van der Waals surface area contributed by atoms with Gasteiger partial charge in [-0.2, -0.15) is 0 Å². The summed E-state index contributed by atoms with van der Waals surface area (Å²) in [7, 11) is 0. The molecule has 0 amide bonds. The highest BCUT2D eigenvalue weighted by molar-refractivity contribution is 9.10. The molecule has 1 nitrogen and oxygen atoms in total. The van der Waals surface area contributed by atoms with Gasteiger partial charge < -0.3 is 5.73 Å². The van der Waals surface area contributed by atoms with Crippen LogP contribution >= 0.6 is 15.9 Å². The van der Waals surface area contributed by atoms with E-state index >= 15 is 0 Å². The summed E-state index contributed by atoms with van der Waals surface area (Å²) in [5.41, 5.74) is 7.44. The normalized spacial score (nSPS) is 12.4. The molecule has 0 fully saturated rings. The van der Waals surface area contributed by atoms with E-state index in [1.165, 1.54) is 12.1 Å². The zero-order valence-corrected chi connectivity index (χ0v) is 12.5. The van der Waals surface area contributed by atoms with E-state index in [0.717, 1.165) is 22.5 Å². The molecule has 1 atom stereocenters. The van der Waals surface area contributed by atoms with Crippen LogP contribution in [0, 0.1) is 17.6 Å². The molecule has 0 aliphatic carbocycles. The lowest BCUT2D eigenvalue weighted by atomic mass is 9.92. The van der Waals surface area contributed by atoms with Gasteiger partial charge in [-0.3, -0.25) is 0 Å². The fourth-order valence-electron chi connectivity index (χ4n) is 2.23. The minimum absolute atomic E-state index is 0.129. The fourth-order valence-corrected chi connectivity index (χ4v) is 2.68. The fraction of sp³-hybridized carbons (Fsp3) is 0.250. The van der Waals surface area contributed by atoms with E-state index in [0.29, 0.717) is 18.5 Å². The van der Waals surface area contributed by atoms with E-state index < -0.39 is 11.6 Å². The molecule has 2 rings (SSSR count). The number of hydrogen-bond donors (Lipinski definition) is 1. The van der Waals surface area contributed by atoms with Gasteiger partial charge in [-0.25, -0.2) is 8.78 Å². The van der Waals surface area contributed by atoms with Crippen LogP contribution in [0.4, 0.5) is 8.78 Å². The highest BCUT2D eigenvalue weighted by atomic mass is 79.9. The molecule has 0 heterocycles. The zero-order chi connectivity index (χ0) is 14.5. The van der Waals surface area contributed by atoms with Crippen molar-refractivity contribution >= 4 is 15.9 Å². The third kappa shape index (κ3) is 4.12. The Bertz CT molecular complexity index is 586. The van der Waals surface area contributed by atoms with Crippen LogP contribution < -0.4 is 5.73 Å². The molecule has 2 N–H and O–H groups in total. The first-order chi connectivity index (χ1) is 9.58. The first kappa shape index (κ1) is 15.1. The van der Waals surface area contributed by atoms with Gasteiger partial charge in [-0.05, 0) is 54.6 Å². The van der Waals surface area contributed by atoms with Gasteiger partial charge in [0, 0.05) is 10.5 Å². The van der Waals surface area contributed by atoms with Crippen molar-refractivity contribution in [2.45, 2.75) is 12.8 Å². The molecule has 1 unspecified atom stereocenters. The summed E-state index contributed by atoms with van der Waals surface area (Å²) in [6, 6.07) is 11.7. The lowest BCUT2D eigenvalue weighted by molar-refractivity contribution is 0.506. The van der Waals surface area contributed by atoms with E-state index in [4.69, 9.17) is 5.73 Å². The minimum Gasteiger partial charge on any atom is -0.330 e. The van der Waals surface area contributed by atoms with Gasteiger partial charge in [0.2, 0.25) is 0 Å². The van der Waals surface area contributed by atoms with Gasteiger partial charge >= 0.3 is 0 Å². The Morgan fingerprint density at radius 1 is 1.05 bits per heavy atom. The maximum absolute atomic E-state index is 13.7. The van der Waals surface area contributed by atoms with Crippen molar-refractivity contribution in [3.63, 3.8) is 0 Å². The number of benzene rings is 2. The summed E-state index contributed by atoms with van der Waals surface area (Å²) >= 11 is 3.43. The van der Waals surface area contributed by atoms with Crippen LogP contribution in [0.25, 0.3) is 0 Å². The summed E-state index contributed by atoms with van der Waals surface area (Å²) in [6.07, 6.45) is 1.28. The van der Waals surface area contributed by atoms with Crippen molar-refractivity contribution < 1.29 is 8.78 Å². The molecule has 20 heavy (non-hydrogen) atoms. The molecule has 106 valence electrons. The molecule has 0 saturated heterocycles. The average molecular weight is 340 g/mol. The van der Waals surface area contributed by atoms with Crippen molar-refractivity contribution in [2.24, 2.45) is 11.7 Å². The number of halogens is 3. The number of nitrogens with two attached hydrogens (primary N) is 1. The third-order valence-corrected chi connectivity index (χ3v) is 3.76. The van der Waals surface area contributed by atoms with E-state index in [1.807, 2.05) is 24.3 Å². The van der Waals surface area contributed by atoms with E-state index in [1.54, 1.807) is 0 Å². The topological polar surface area (TPSA) is 26.0 Å². The van der Waals surface area contributed by atoms with Crippen LogP contribution in [0.1, 0.15) is 11.1 Å². The predicted octanol–water partition coefficient (Wildman–Crippen LogP) is 4.09. The Morgan fingerprint density at radius 3 is 2.50 bits per heavy atom. The van der Waals surface area contributed by atoms with Crippen molar-refractivity contribution in [1.29, 1.82) is 0 Å². The third-order valence-electron chi connectivity index (χ3n) is 3.27. The van der Waals surface area contributed by atoms with Crippen LogP contribution in [0.5, 0.6) is 0 Å². The Balaban J connectivity index is 2.09. The van der Waals surface area contributed by atoms with Crippen molar-refractivity contribution in [3.8, 4) is 0 Å². The second-order valence-corrected chi connectivity index (χ2v) is 5.79. The molecule has 0 aromatic heterocycles. The van der Waals surface area contributed by atoms with Crippen LogP contribution in [-0.2, 0) is 12.8 Å². The van der Waals surface area contributed by atoms with Gasteiger partial charge in [-0.1, -0.05) is 34.1 Å². The summed E-state index contributed by atoms with van der Waals surface area (Å²) in [5.74, 6) is -0.926. The molecule has 0 saturated carbocycles. The predicted molar refractivity (Wildman–Crippen MR) is 80.5 cm³/mol. The molecule has 0 aliphatic rings. The molecule has 2 aromatic rings. The quantitative estimate of drug-likeness (QED) is 0.872. The van der Waals surface area contributed by atoms with E-state index in [-0.39, 0.29) is 5.92 Å². The first-order valence-corrected chi connectivity index (χ1v) is 7.26. The van der Waals surface area contributed by atoms with E-state index in [9.17, 15) is 8.78 Å². The molecule has 0 radical (unpaired) electrons. The molecule has 0 spiro atoms. The van der Waals surface area contributed by atoms with Gasteiger partial charge in [0.15, 0.2) is 0 Å².